The number of pyridine rings is 1. The maximum absolute atomic E-state index is 4.60. The topological polar surface area (TPSA) is 53.9 Å². The van der Waals surface area contributed by atoms with Crippen molar-refractivity contribution in [3.05, 3.63) is 53.7 Å². The zero-order chi connectivity index (χ0) is 11.7. The number of hydrogen-bond acceptors (Lipinski definition) is 3. The van der Waals surface area contributed by atoms with E-state index in [0.717, 1.165) is 29.1 Å². The van der Waals surface area contributed by atoms with Crippen molar-refractivity contribution in [1.82, 2.24) is 15.2 Å². The van der Waals surface area contributed by atoms with Crippen molar-refractivity contribution in [3.63, 3.8) is 0 Å². The Morgan fingerprint density at radius 2 is 2.24 bits per heavy atom. The van der Waals surface area contributed by atoms with E-state index in [9.17, 15) is 0 Å². The summed E-state index contributed by atoms with van der Waals surface area (Å²) < 4.78 is 0. The molecule has 17 heavy (non-hydrogen) atoms. The summed E-state index contributed by atoms with van der Waals surface area (Å²) >= 11 is 0. The molecule has 4 nitrogen and oxygen atoms in total. The molecule has 0 atom stereocenters. The van der Waals surface area contributed by atoms with Gasteiger partial charge in [0.25, 0.3) is 0 Å². The van der Waals surface area contributed by atoms with E-state index in [1.807, 2.05) is 37.5 Å². The van der Waals surface area contributed by atoms with Crippen LogP contribution in [0.4, 0.5) is 0 Å². The standard InChI is InChI=1S/C13H12N4/c1-9-11(12-4-6-15-17-12)7-13(16-9)10-3-2-5-14-8-10/h2-6,8H,7H2,1H3,(H,15,17). The number of hydrogen-bond donors (Lipinski definition) is 1. The van der Waals surface area contributed by atoms with Gasteiger partial charge in [-0.05, 0) is 19.1 Å². The lowest BCUT2D eigenvalue weighted by Crippen LogP contribution is -1.98. The van der Waals surface area contributed by atoms with Crippen LogP contribution in [0.15, 0.2) is 47.5 Å². The quantitative estimate of drug-likeness (QED) is 0.851. The number of allylic oxidation sites excluding steroid dienone is 2. The number of aromatic nitrogens is 3. The van der Waals surface area contributed by atoms with Crippen LogP contribution >= 0.6 is 0 Å². The highest BCUT2D eigenvalue weighted by molar-refractivity contribution is 6.09. The molecular weight excluding hydrogens is 212 g/mol. The third kappa shape index (κ3) is 1.78. The van der Waals surface area contributed by atoms with Crippen LogP contribution in [0.25, 0.3) is 5.57 Å². The summed E-state index contributed by atoms with van der Waals surface area (Å²) in [6.07, 6.45) is 6.27. The maximum atomic E-state index is 4.60. The molecule has 0 aromatic carbocycles. The molecule has 0 amide bonds. The molecule has 2 aromatic heterocycles. The number of aromatic amines is 1. The van der Waals surface area contributed by atoms with Gasteiger partial charge in [-0.15, -0.1) is 0 Å². The number of rotatable bonds is 2. The molecule has 1 aliphatic rings. The molecule has 2 aromatic rings. The van der Waals surface area contributed by atoms with Gasteiger partial charge in [0.05, 0.1) is 11.4 Å². The number of H-pyrrole nitrogens is 1. The van der Waals surface area contributed by atoms with E-state index >= 15 is 0 Å². The number of nitrogens with one attached hydrogen (secondary N) is 1. The lowest BCUT2D eigenvalue weighted by molar-refractivity contribution is 1.07. The van der Waals surface area contributed by atoms with E-state index < -0.39 is 0 Å². The van der Waals surface area contributed by atoms with Crippen molar-refractivity contribution >= 4 is 11.3 Å². The number of aliphatic imine (C=N–C) groups is 1. The van der Waals surface area contributed by atoms with Gasteiger partial charge in [0.1, 0.15) is 0 Å². The average molecular weight is 224 g/mol. The predicted molar refractivity (Wildman–Crippen MR) is 66.6 cm³/mol. The van der Waals surface area contributed by atoms with Crippen LogP contribution in [-0.2, 0) is 0 Å². The van der Waals surface area contributed by atoms with Crippen LogP contribution in [0, 0.1) is 0 Å². The molecule has 0 radical (unpaired) electrons. The van der Waals surface area contributed by atoms with Crippen LogP contribution in [0.1, 0.15) is 24.6 Å². The maximum Gasteiger partial charge on any atom is 0.0902 e. The molecule has 1 aliphatic heterocycles. The van der Waals surface area contributed by atoms with Gasteiger partial charge >= 0.3 is 0 Å². The lowest BCUT2D eigenvalue weighted by atomic mass is 10.0. The van der Waals surface area contributed by atoms with E-state index in [2.05, 4.69) is 20.2 Å². The SMILES string of the molecule is CC1=C(c2cc[nH]n2)CC(c2cccnc2)=N1. The minimum Gasteiger partial charge on any atom is -0.285 e. The van der Waals surface area contributed by atoms with Crippen LogP contribution in [0.5, 0.6) is 0 Å². The summed E-state index contributed by atoms with van der Waals surface area (Å²) in [6.45, 7) is 2.02. The van der Waals surface area contributed by atoms with Crippen LogP contribution in [0.3, 0.4) is 0 Å². The Morgan fingerprint density at radius 3 is 2.94 bits per heavy atom. The second-order valence-electron chi connectivity index (χ2n) is 4.00. The smallest absolute Gasteiger partial charge is 0.0902 e. The Kier molecular flexibility index (Phi) is 2.33. The average Bonchev–Trinajstić information content (AvgIpc) is 2.99. The Balaban J connectivity index is 1.90. The fourth-order valence-electron chi connectivity index (χ4n) is 2.01. The van der Waals surface area contributed by atoms with Crippen molar-refractivity contribution in [2.24, 2.45) is 4.99 Å². The van der Waals surface area contributed by atoms with Crippen LogP contribution < -0.4 is 0 Å². The summed E-state index contributed by atoms with van der Waals surface area (Å²) in [6, 6.07) is 5.94. The summed E-state index contributed by atoms with van der Waals surface area (Å²) in [4.78, 5) is 8.72. The van der Waals surface area contributed by atoms with Gasteiger partial charge in [0, 0.05) is 41.8 Å². The zero-order valence-electron chi connectivity index (χ0n) is 9.51. The van der Waals surface area contributed by atoms with Gasteiger partial charge < -0.3 is 0 Å². The van der Waals surface area contributed by atoms with E-state index in [1.165, 1.54) is 5.57 Å². The van der Waals surface area contributed by atoms with Crippen molar-refractivity contribution in [3.8, 4) is 0 Å². The minimum atomic E-state index is 0.822. The molecule has 0 bridgehead atoms. The summed E-state index contributed by atoms with van der Waals surface area (Å²) in [5.41, 5.74) is 5.34. The highest BCUT2D eigenvalue weighted by Gasteiger charge is 2.19. The summed E-state index contributed by atoms with van der Waals surface area (Å²) in [5, 5.41) is 7.04. The van der Waals surface area contributed by atoms with Gasteiger partial charge in [0.15, 0.2) is 0 Å². The van der Waals surface area contributed by atoms with Gasteiger partial charge in [-0.1, -0.05) is 6.07 Å². The molecule has 84 valence electrons. The Labute approximate surface area is 99.1 Å². The van der Waals surface area contributed by atoms with Gasteiger partial charge in [-0.2, -0.15) is 5.10 Å². The fourth-order valence-corrected chi connectivity index (χ4v) is 2.01. The van der Waals surface area contributed by atoms with E-state index in [1.54, 1.807) is 6.20 Å². The third-order valence-corrected chi connectivity index (χ3v) is 2.89. The van der Waals surface area contributed by atoms with Gasteiger partial charge in [0.2, 0.25) is 0 Å². The van der Waals surface area contributed by atoms with Gasteiger partial charge in [-0.25, -0.2) is 0 Å². The second kappa shape index (κ2) is 3.97. The second-order valence-corrected chi connectivity index (χ2v) is 4.00. The molecule has 3 heterocycles. The molecule has 3 rings (SSSR count). The van der Waals surface area contributed by atoms with Crippen molar-refractivity contribution < 1.29 is 0 Å². The Hall–Kier alpha value is -2.23. The first kappa shape index (κ1) is 9.96. The Morgan fingerprint density at radius 1 is 1.29 bits per heavy atom. The van der Waals surface area contributed by atoms with E-state index in [-0.39, 0.29) is 0 Å². The van der Waals surface area contributed by atoms with E-state index in [0.29, 0.717) is 0 Å². The lowest BCUT2D eigenvalue weighted by Gasteiger charge is -2.00. The first-order chi connectivity index (χ1) is 8.34. The zero-order valence-corrected chi connectivity index (χ0v) is 9.51. The molecule has 0 saturated carbocycles. The highest BCUT2D eigenvalue weighted by atomic mass is 15.1. The molecule has 4 heteroatoms. The van der Waals surface area contributed by atoms with Crippen molar-refractivity contribution in [2.45, 2.75) is 13.3 Å². The molecular formula is C13H12N4. The van der Waals surface area contributed by atoms with Crippen LogP contribution in [-0.4, -0.2) is 20.9 Å². The van der Waals surface area contributed by atoms with Crippen molar-refractivity contribution in [1.29, 1.82) is 0 Å². The summed E-state index contributed by atoms with van der Waals surface area (Å²) in [7, 11) is 0. The molecule has 1 N–H and O–H groups in total. The Bertz CT molecular complexity index is 579. The predicted octanol–water partition coefficient (Wildman–Crippen LogP) is 2.43. The molecule has 0 spiro atoms. The van der Waals surface area contributed by atoms with Crippen molar-refractivity contribution in [2.75, 3.05) is 0 Å². The monoisotopic (exact) mass is 224 g/mol. The highest BCUT2D eigenvalue weighted by Crippen LogP contribution is 2.29. The third-order valence-electron chi connectivity index (χ3n) is 2.89. The van der Waals surface area contributed by atoms with Gasteiger partial charge in [-0.3, -0.25) is 15.1 Å². The first-order valence-corrected chi connectivity index (χ1v) is 5.52. The minimum absolute atomic E-state index is 0.822. The molecule has 0 saturated heterocycles. The van der Waals surface area contributed by atoms with E-state index in [4.69, 9.17) is 0 Å². The normalized spacial score (nSPS) is 15.2. The summed E-state index contributed by atoms with van der Waals surface area (Å²) in [5.74, 6) is 0. The molecule has 0 aliphatic carbocycles. The fraction of sp³-hybridized carbons (Fsp3) is 0.154. The molecule has 0 fully saturated rings. The van der Waals surface area contributed by atoms with Crippen LogP contribution in [0.2, 0.25) is 0 Å². The molecule has 0 unspecified atom stereocenters. The largest absolute Gasteiger partial charge is 0.285 e. The first-order valence-electron chi connectivity index (χ1n) is 5.52. The number of nitrogens with zero attached hydrogens (tertiary/aromatic N) is 3.